The Morgan fingerprint density at radius 1 is 1.50 bits per heavy atom. The number of aliphatic hydroxyl groups excluding tert-OH is 1. The second-order valence-corrected chi connectivity index (χ2v) is 4.50. The fourth-order valence-electron chi connectivity index (χ4n) is 1.58. The lowest BCUT2D eigenvalue weighted by atomic mass is 9.96. The molecule has 0 aromatic rings. The summed E-state index contributed by atoms with van der Waals surface area (Å²) >= 11 is 0. The van der Waals surface area contributed by atoms with Crippen molar-refractivity contribution in [3.63, 3.8) is 0 Å². The molecule has 80 valence electrons. The second kappa shape index (κ2) is 3.35. The molecule has 0 saturated carbocycles. The molecule has 2 atom stereocenters. The summed E-state index contributed by atoms with van der Waals surface area (Å²) in [5.41, 5.74) is -0.807. The fraction of sp³-hybridized carbons (Fsp3) is 0.800. The van der Waals surface area contributed by atoms with Gasteiger partial charge < -0.3 is 5.11 Å². The summed E-state index contributed by atoms with van der Waals surface area (Å²) in [7, 11) is 0. The van der Waals surface area contributed by atoms with Gasteiger partial charge in [0.25, 0.3) is 0 Å². The van der Waals surface area contributed by atoms with Gasteiger partial charge in [0.2, 0.25) is 11.8 Å². The summed E-state index contributed by atoms with van der Waals surface area (Å²) in [6.45, 7) is 6.72. The third-order valence-corrected chi connectivity index (χ3v) is 2.97. The van der Waals surface area contributed by atoms with Crippen LogP contribution in [-0.2, 0) is 9.59 Å². The molecular weight excluding hydrogens is 182 g/mol. The molecule has 1 aliphatic rings. The highest BCUT2D eigenvalue weighted by atomic mass is 16.3. The Labute approximate surface area is 83.9 Å². The van der Waals surface area contributed by atoms with Crippen LogP contribution >= 0.6 is 0 Å². The molecule has 1 fully saturated rings. The molecule has 0 radical (unpaired) electrons. The first-order valence-electron chi connectivity index (χ1n) is 4.83. The van der Waals surface area contributed by atoms with E-state index in [2.05, 4.69) is 0 Å². The zero-order valence-corrected chi connectivity index (χ0v) is 9.07. The van der Waals surface area contributed by atoms with Crippen LogP contribution in [0.2, 0.25) is 0 Å². The molecule has 0 spiro atoms. The molecule has 1 heterocycles. The molecule has 0 bridgehead atoms. The molecule has 14 heavy (non-hydrogen) atoms. The summed E-state index contributed by atoms with van der Waals surface area (Å²) in [4.78, 5) is 24.4. The van der Waals surface area contributed by atoms with Gasteiger partial charge in [-0.3, -0.25) is 14.5 Å². The smallest absolute Gasteiger partial charge is 0.233 e. The quantitative estimate of drug-likeness (QED) is 0.660. The van der Waals surface area contributed by atoms with Gasteiger partial charge in [0, 0.05) is 12.3 Å². The first-order valence-corrected chi connectivity index (χ1v) is 4.83. The third kappa shape index (κ3) is 1.54. The zero-order valence-electron chi connectivity index (χ0n) is 9.07. The predicted molar refractivity (Wildman–Crippen MR) is 51.4 cm³/mol. The normalized spacial score (nSPS) is 25.8. The minimum absolute atomic E-state index is 0.180. The molecule has 1 aliphatic heterocycles. The number of hydrogen-bond donors (Lipinski definition) is 1. The maximum Gasteiger partial charge on any atom is 0.233 e. The number of imide groups is 1. The van der Waals surface area contributed by atoms with Crippen LogP contribution in [0.5, 0.6) is 0 Å². The van der Waals surface area contributed by atoms with Crippen LogP contribution in [0, 0.1) is 5.92 Å². The van der Waals surface area contributed by atoms with E-state index in [0.29, 0.717) is 0 Å². The zero-order chi connectivity index (χ0) is 11.1. The number of nitrogens with zero attached hydrogens (tertiary/aromatic N) is 1. The van der Waals surface area contributed by atoms with Crippen molar-refractivity contribution in [2.45, 2.75) is 45.8 Å². The lowest BCUT2D eigenvalue weighted by Gasteiger charge is -2.36. The van der Waals surface area contributed by atoms with Crippen molar-refractivity contribution in [3.05, 3.63) is 0 Å². The summed E-state index contributed by atoms with van der Waals surface area (Å²) in [5, 5.41) is 9.52. The third-order valence-electron chi connectivity index (χ3n) is 2.97. The maximum absolute atomic E-state index is 11.7. The Balaban J connectivity index is 2.98. The van der Waals surface area contributed by atoms with Crippen LogP contribution in [-0.4, -0.2) is 33.5 Å². The van der Waals surface area contributed by atoms with Gasteiger partial charge >= 0.3 is 0 Å². The number of rotatable bonds is 2. The molecule has 1 saturated heterocycles. The summed E-state index contributed by atoms with van der Waals surface area (Å²) in [6, 6.07) is 0. The average molecular weight is 199 g/mol. The van der Waals surface area contributed by atoms with Crippen molar-refractivity contribution < 1.29 is 14.7 Å². The molecule has 1 rings (SSSR count). The highest BCUT2D eigenvalue weighted by Crippen LogP contribution is 2.29. The molecule has 0 aliphatic carbocycles. The van der Waals surface area contributed by atoms with E-state index < -0.39 is 11.6 Å². The van der Waals surface area contributed by atoms with Crippen molar-refractivity contribution in [3.8, 4) is 0 Å². The Kier molecular flexibility index (Phi) is 2.67. The van der Waals surface area contributed by atoms with Crippen molar-refractivity contribution in [1.29, 1.82) is 0 Å². The maximum atomic E-state index is 11.7. The summed E-state index contributed by atoms with van der Waals surface area (Å²) in [6.07, 6.45) is -0.463. The molecule has 4 nitrogen and oxygen atoms in total. The minimum atomic E-state index is -0.807. The number of carbonyl (C=O) groups is 2. The average Bonchev–Trinajstić information content (AvgIpc) is 2.26. The van der Waals surface area contributed by atoms with Crippen LogP contribution in [0.25, 0.3) is 0 Å². The van der Waals surface area contributed by atoms with Gasteiger partial charge in [0.1, 0.15) is 0 Å². The van der Waals surface area contributed by atoms with E-state index in [1.807, 2.05) is 0 Å². The topological polar surface area (TPSA) is 57.6 Å². The molecule has 2 unspecified atom stereocenters. The van der Waals surface area contributed by atoms with E-state index in [1.54, 1.807) is 27.7 Å². The number of carbonyl (C=O) groups excluding carboxylic acids is 2. The first kappa shape index (κ1) is 11.2. The van der Waals surface area contributed by atoms with Crippen LogP contribution in [0.3, 0.4) is 0 Å². The Bertz CT molecular complexity index is 271. The van der Waals surface area contributed by atoms with Gasteiger partial charge in [-0.2, -0.15) is 0 Å². The van der Waals surface area contributed by atoms with Crippen molar-refractivity contribution in [2.24, 2.45) is 5.92 Å². The molecule has 2 amide bonds. The van der Waals surface area contributed by atoms with Crippen LogP contribution in [0.15, 0.2) is 0 Å². The lowest BCUT2D eigenvalue weighted by Crippen LogP contribution is -2.54. The molecule has 4 heteroatoms. The first-order chi connectivity index (χ1) is 6.28. The highest BCUT2D eigenvalue weighted by molar-refractivity contribution is 6.04. The van der Waals surface area contributed by atoms with Gasteiger partial charge in [-0.1, -0.05) is 6.92 Å². The van der Waals surface area contributed by atoms with Crippen LogP contribution < -0.4 is 0 Å². The van der Waals surface area contributed by atoms with E-state index in [4.69, 9.17) is 0 Å². The SMILES string of the molecule is CC1CC(=O)N(C(C)(C)C(C)O)C1=O. The Morgan fingerprint density at radius 3 is 2.29 bits per heavy atom. The molecule has 1 N–H and O–H groups in total. The number of likely N-dealkylation sites (tertiary alicyclic amines) is 1. The Morgan fingerprint density at radius 2 is 2.00 bits per heavy atom. The minimum Gasteiger partial charge on any atom is -0.391 e. The summed E-state index contributed by atoms with van der Waals surface area (Å²) < 4.78 is 0. The predicted octanol–water partition coefficient (Wildman–Crippen LogP) is 0.541. The lowest BCUT2D eigenvalue weighted by molar-refractivity contribution is -0.149. The standard InChI is InChI=1S/C10H17NO3/c1-6-5-8(13)11(9(6)14)10(3,4)7(2)12/h6-7,12H,5H2,1-4H3. The van der Waals surface area contributed by atoms with E-state index in [1.165, 1.54) is 4.90 Å². The molecule has 0 aromatic carbocycles. The monoisotopic (exact) mass is 199 g/mol. The number of amides is 2. The fourth-order valence-corrected chi connectivity index (χ4v) is 1.58. The van der Waals surface area contributed by atoms with Gasteiger partial charge in [-0.25, -0.2) is 0 Å². The van der Waals surface area contributed by atoms with E-state index >= 15 is 0 Å². The Hall–Kier alpha value is -0.900. The van der Waals surface area contributed by atoms with Gasteiger partial charge in [0.15, 0.2) is 0 Å². The van der Waals surface area contributed by atoms with Crippen LogP contribution in [0.4, 0.5) is 0 Å². The van der Waals surface area contributed by atoms with E-state index in [0.717, 1.165) is 0 Å². The van der Waals surface area contributed by atoms with Crippen molar-refractivity contribution >= 4 is 11.8 Å². The second-order valence-electron chi connectivity index (χ2n) is 4.50. The summed E-state index contributed by atoms with van der Waals surface area (Å²) in [5.74, 6) is -0.616. The van der Waals surface area contributed by atoms with Gasteiger partial charge in [-0.05, 0) is 20.8 Å². The molecular formula is C10H17NO3. The van der Waals surface area contributed by atoms with Gasteiger partial charge in [0.05, 0.1) is 11.6 Å². The van der Waals surface area contributed by atoms with E-state index in [9.17, 15) is 14.7 Å². The van der Waals surface area contributed by atoms with Crippen molar-refractivity contribution in [1.82, 2.24) is 4.90 Å². The highest BCUT2D eigenvalue weighted by Gasteiger charge is 2.46. The van der Waals surface area contributed by atoms with E-state index in [-0.39, 0.29) is 24.2 Å². The van der Waals surface area contributed by atoms with Gasteiger partial charge in [-0.15, -0.1) is 0 Å². The van der Waals surface area contributed by atoms with Crippen LogP contribution in [0.1, 0.15) is 34.1 Å². The van der Waals surface area contributed by atoms with Crippen molar-refractivity contribution in [2.75, 3.05) is 0 Å². The number of hydrogen-bond acceptors (Lipinski definition) is 3. The number of aliphatic hydroxyl groups is 1. The largest absolute Gasteiger partial charge is 0.391 e. The molecule has 0 aromatic heterocycles.